The molecule has 4 heteroatoms. The van der Waals surface area contributed by atoms with Crippen molar-refractivity contribution in [3.05, 3.63) is 199 Å². The van der Waals surface area contributed by atoms with Gasteiger partial charge in [0.15, 0.2) is 0 Å². The summed E-state index contributed by atoms with van der Waals surface area (Å²) in [5, 5.41) is 6.86. The van der Waals surface area contributed by atoms with E-state index in [2.05, 4.69) is 175 Å². The number of ether oxygens (including phenoxy) is 1. The van der Waals surface area contributed by atoms with Crippen LogP contribution in [0, 0.1) is 0 Å². The molecule has 12 rings (SSSR count). The van der Waals surface area contributed by atoms with E-state index in [9.17, 15) is 0 Å². The number of hydrogen-bond donors (Lipinski definition) is 0. The molecule has 0 fully saturated rings. The van der Waals surface area contributed by atoms with Gasteiger partial charge in [-0.3, -0.25) is 0 Å². The molecule has 56 heavy (non-hydrogen) atoms. The summed E-state index contributed by atoms with van der Waals surface area (Å²) in [6, 6.07) is 59.8. The fraction of sp³-hybridized carbons (Fsp3) is 0.0385. The number of para-hydroxylation sites is 3. The second-order valence-electron chi connectivity index (χ2n) is 14.8. The number of anilines is 2. The third-order valence-electron chi connectivity index (χ3n) is 11.6. The Hall–Kier alpha value is -7.30. The predicted molar refractivity (Wildman–Crippen MR) is 229 cm³/mol. The van der Waals surface area contributed by atoms with Gasteiger partial charge >= 0.3 is 0 Å². The minimum Gasteiger partial charge on any atom is -0.485 e. The molecule has 0 spiro atoms. The average Bonchev–Trinajstić information content (AvgIpc) is 3.95. The number of furan rings is 2. The maximum atomic E-state index is 6.70. The lowest BCUT2D eigenvalue weighted by atomic mass is 9.88. The van der Waals surface area contributed by atoms with Crippen molar-refractivity contribution in [2.45, 2.75) is 12.0 Å². The van der Waals surface area contributed by atoms with Crippen LogP contribution < -0.4 is 9.64 Å². The van der Waals surface area contributed by atoms with Crippen molar-refractivity contribution in [2.75, 3.05) is 4.90 Å². The monoisotopic (exact) mass is 719 g/mol. The molecule has 4 nitrogen and oxygen atoms in total. The minimum absolute atomic E-state index is 0.0954. The fourth-order valence-electron chi connectivity index (χ4n) is 9.02. The van der Waals surface area contributed by atoms with Crippen LogP contribution >= 0.6 is 0 Å². The van der Waals surface area contributed by atoms with Crippen LogP contribution in [0.1, 0.15) is 11.5 Å². The molecule has 2 aliphatic rings. The standard InChI is InChI=1S/C52H33NO3/c1-2-13-35(14-3-1)53(45-20-8-12-32-11-4-5-15-37(32)45)36-25-26-40-43-30-34(24-27-47(43)55-50(40)31-36)39-18-9-19-41-44-29-33(23-28-48(44)56-52(39)41)38-17-10-22-49-51(38)42-16-6-7-21-46(42)54-49/h1-31,40,50H. The lowest BCUT2D eigenvalue weighted by Crippen LogP contribution is -2.24. The average molecular weight is 720 g/mol. The third kappa shape index (κ3) is 4.72. The number of rotatable bonds is 5. The Bertz CT molecular complexity index is 3250. The zero-order chi connectivity index (χ0) is 36.7. The van der Waals surface area contributed by atoms with Crippen molar-refractivity contribution in [2.24, 2.45) is 0 Å². The van der Waals surface area contributed by atoms with Crippen molar-refractivity contribution < 1.29 is 13.6 Å². The topological polar surface area (TPSA) is 38.8 Å². The Morgan fingerprint density at radius 3 is 2.16 bits per heavy atom. The zero-order valence-electron chi connectivity index (χ0n) is 30.2. The van der Waals surface area contributed by atoms with Gasteiger partial charge in [-0.15, -0.1) is 0 Å². The number of fused-ring (bicyclic) bond motifs is 10. The van der Waals surface area contributed by atoms with E-state index in [1.807, 2.05) is 18.2 Å². The number of nitrogens with zero attached hydrogens (tertiary/aromatic N) is 1. The van der Waals surface area contributed by atoms with Gasteiger partial charge in [-0.1, -0.05) is 121 Å². The van der Waals surface area contributed by atoms with Gasteiger partial charge in [0.05, 0.1) is 5.69 Å². The van der Waals surface area contributed by atoms with Crippen LogP contribution in [0.15, 0.2) is 203 Å². The van der Waals surface area contributed by atoms with E-state index < -0.39 is 0 Å². The van der Waals surface area contributed by atoms with E-state index in [1.165, 1.54) is 16.3 Å². The largest absolute Gasteiger partial charge is 0.485 e. The molecular weight excluding hydrogens is 687 g/mol. The number of benzene rings is 8. The quantitative estimate of drug-likeness (QED) is 0.178. The summed E-state index contributed by atoms with van der Waals surface area (Å²) < 4.78 is 19.6. The van der Waals surface area contributed by atoms with Gasteiger partial charge in [-0.25, -0.2) is 0 Å². The first-order chi connectivity index (χ1) is 27.7. The summed E-state index contributed by atoms with van der Waals surface area (Å²) in [4.78, 5) is 2.35. The fourth-order valence-corrected chi connectivity index (χ4v) is 9.02. The minimum atomic E-state index is -0.126. The predicted octanol–water partition coefficient (Wildman–Crippen LogP) is 14.1. The summed E-state index contributed by atoms with van der Waals surface area (Å²) in [6.45, 7) is 0. The molecule has 0 amide bonds. The van der Waals surface area contributed by atoms with Gasteiger partial charge in [-0.2, -0.15) is 0 Å². The van der Waals surface area contributed by atoms with E-state index in [4.69, 9.17) is 13.6 Å². The molecule has 0 saturated heterocycles. The molecule has 1 aliphatic carbocycles. The van der Waals surface area contributed by atoms with Gasteiger partial charge < -0.3 is 18.5 Å². The van der Waals surface area contributed by atoms with Crippen LogP contribution in [-0.2, 0) is 0 Å². The van der Waals surface area contributed by atoms with Crippen LogP contribution in [0.2, 0.25) is 0 Å². The Labute approximate surface area is 322 Å². The van der Waals surface area contributed by atoms with Gasteiger partial charge in [0.25, 0.3) is 0 Å². The molecule has 0 N–H and O–H groups in total. The van der Waals surface area contributed by atoms with E-state index in [1.54, 1.807) is 0 Å². The lowest BCUT2D eigenvalue weighted by Gasteiger charge is -2.30. The van der Waals surface area contributed by atoms with E-state index in [0.29, 0.717) is 0 Å². The third-order valence-corrected chi connectivity index (χ3v) is 11.6. The van der Waals surface area contributed by atoms with Crippen LogP contribution in [0.25, 0.3) is 76.9 Å². The first-order valence-electron chi connectivity index (χ1n) is 19.2. The van der Waals surface area contributed by atoms with Crippen LogP contribution in [0.5, 0.6) is 5.75 Å². The van der Waals surface area contributed by atoms with Crippen molar-refractivity contribution >= 4 is 66.0 Å². The molecule has 264 valence electrons. The Balaban J connectivity index is 0.914. The first-order valence-corrected chi connectivity index (χ1v) is 19.2. The molecule has 1 aliphatic heterocycles. The van der Waals surface area contributed by atoms with Gasteiger partial charge in [0, 0.05) is 55.4 Å². The van der Waals surface area contributed by atoms with Gasteiger partial charge in [0.1, 0.15) is 34.2 Å². The second kappa shape index (κ2) is 12.1. The Morgan fingerprint density at radius 1 is 0.500 bits per heavy atom. The van der Waals surface area contributed by atoms with Crippen molar-refractivity contribution in [1.82, 2.24) is 0 Å². The molecule has 2 unspecified atom stereocenters. The van der Waals surface area contributed by atoms with Crippen molar-refractivity contribution in [3.63, 3.8) is 0 Å². The van der Waals surface area contributed by atoms with Gasteiger partial charge in [-0.05, 0) is 88.8 Å². The van der Waals surface area contributed by atoms with E-state index in [-0.39, 0.29) is 12.0 Å². The summed E-state index contributed by atoms with van der Waals surface area (Å²) >= 11 is 0. The molecule has 0 saturated carbocycles. The Morgan fingerprint density at radius 2 is 1.21 bits per heavy atom. The normalized spacial score (nSPS) is 16.0. The van der Waals surface area contributed by atoms with Crippen LogP contribution in [0.4, 0.5) is 11.4 Å². The molecule has 0 radical (unpaired) electrons. The molecule has 10 aromatic rings. The molecule has 0 bridgehead atoms. The lowest BCUT2D eigenvalue weighted by molar-refractivity contribution is 0.267. The maximum Gasteiger partial charge on any atom is 0.143 e. The SMILES string of the molecule is C1=CC2c3cc(-c4cccc5c4oc4ccc(-c6cccc7oc8ccccc8c67)cc45)ccc3OC2C=C1N(c1ccccc1)c1cccc2ccccc12. The second-order valence-corrected chi connectivity index (χ2v) is 14.8. The smallest absolute Gasteiger partial charge is 0.143 e. The Kier molecular flexibility index (Phi) is 6.72. The van der Waals surface area contributed by atoms with Crippen molar-refractivity contribution in [1.29, 1.82) is 0 Å². The summed E-state index contributed by atoms with van der Waals surface area (Å²) in [5.41, 5.74) is 12.5. The van der Waals surface area contributed by atoms with Crippen LogP contribution in [0.3, 0.4) is 0 Å². The molecule has 2 aromatic heterocycles. The highest BCUT2D eigenvalue weighted by atomic mass is 16.5. The summed E-state index contributed by atoms with van der Waals surface area (Å²) in [5.74, 6) is 1.02. The van der Waals surface area contributed by atoms with Gasteiger partial charge in [0.2, 0.25) is 0 Å². The number of allylic oxidation sites excluding steroid dienone is 1. The molecule has 2 atom stereocenters. The molecule has 8 aromatic carbocycles. The zero-order valence-corrected chi connectivity index (χ0v) is 30.2. The van der Waals surface area contributed by atoms with E-state index in [0.717, 1.165) is 89.0 Å². The first kappa shape index (κ1) is 31.1. The van der Waals surface area contributed by atoms with Crippen molar-refractivity contribution in [3.8, 4) is 28.0 Å². The summed E-state index contributed by atoms with van der Waals surface area (Å²) in [6.07, 6.45) is 6.72. The summed E-state index contributed by atoms with van der Waals surface area (Å²) in [7, 11) is 0. The highest BCUT2D eigenvalue weighted by Crippen LogP contribution is 2.47. The highest BCUT2D eigenvalue weighted by Gasteiger charge is 2.35. The van der Waals surface area contributed by atoms with E-state index >= 15 is 0 Å². The molecular formula is C52H33NO3. The number of hydrogen-bond acceptors (Lipinski definition) is 4. The molecule has 3 heterocycles. The van der Waals surface area contributed by atoms with Crippen LogP contribution in [-0.4, -0.2) is 6.10 Å². The maximum absolute atomic E-state index is 6.70. The highest BCUT2D eigenvalue weighted by molar-refractivity contribution is 6.15.